The number of amides is 1. The van der Waals surface area contributed by atoms with Crippen LogP contribution in [-0.4, -0.2) is 11.8 Å². The Morgan fingerprint density at radius 1 is 1.47 bits per heavy atom. The molecule has 0 spiro atoms. The van der Waals surface area contributed by atoms with Gasteiger partial charge in [-0.1, -0.05) is 18.2 Å². The van der Waals surface area contributed by atoms with Gasteiger partial charge in [-0.3, -0.25) is 4.79 Å². The van der Waals surface area contributed by atoms with Gasteiger partial charge in [-0.15, -0.1) is 11.6 Å². The van der Waals surface area contributed by atoms with Gasteiger partial charge in [0, 0.05) is 12.1 Å². The van der Waals surface area contributed by atoms with Gasteiger partial charge in [0.05, 0.1) is 0 Å². The topological polar surface area (TPSA) is 29.1 Å². The van der Waals surface area contributed by atoms with E-state index in [1.165, 1.54) is 18.2 Å². The molecule has 0 aliphatic heterocycles. The molecule has 0 heterocycles. The third-order valence-electron chi connectivity index (χ3n) is 1.81. The van der Waals surface area contributed by atoms with Crippen LogP contribution in [0, 0.1) is 0 Å². The number of nitrogens with one attached hydrogen (secondary N) is 1. The Bertz CT molecular complexity index is 344. The summed E-state index contributed by atoms with van der Waals surface area (Å²) in [7, 11) is 0. The zero-order valence-corrected chi connectivity index (χ0v) is 8.60. The summed E-state index contributed by atoms with van der Waals surface area (Å²) >= 11 is 5.27. The van der Waals surface area contributed by atoms with Gasteiger partial charge in [0.1, 0.15) is 5.88 Å². The molecule has 0 aliphatic carbocycles. The molecule has 0 radical (unpaired) electrons. The predicted molar refractivity (Wildman–Crippen MR) is 54.0 cm³/mol. The standard InChI is InChI=1S/C10H10ClF2NO/c11-5-9(15)14-6-7-2-1-3-8(4-7)10(12)13/h1-4,10H,5-6H2,(H,14,15). The van der Waals surface area contributed by atoms with Crippen molar-refractivity contribution >= 4 is 17.5 Å². The molecule has 0 saturated heterocycles. The first-order valence-corrected chi connectivity index (χ1v) is 4.86. The third kappa shape index (κ3) is 3.83. The predicted octanol–water partition coefficient (Wildman–Crippen LogP) is 2.48. The summed E-state index contributed by atoms with van der Waals surface area (Å²) in [5.74, 6) is -0.451. The lowest BCUT2D eigenvalue weighted by molar-refractivity contribution is -0.118. The maximum atomic E-state index is 12.3. The van der Waals surface area contributed by atoms with Gasteiger partial charge in [0.2, 0.25) is 5.91 Å². The van der Waals surface area contributed by atoms with Crippen LogP contribution in [0.5, 0.6) is 0 Å². The first-order valence-electron chi connectivity index (χ1n) is 4.33. The molecule has 0 unspecified atom stereocenters. The molecule has 15 heavy (non-hydrogen) atoms. The van der Waals surface area contributed by atoms with E-state index in [2.05, 4.69) is 5.32 Å². The van der Waals surface area contributed by atoms with Crippen molar-refractivity contribution in [1.82, 2.24) is 5.32 Å². The number of rotatable bonds is 4. The molecule has 0 aromatic heterocycles. The Labute approximate surface area is 91.2 Å². The second-order valence-corrected chi connectivity index (χ2v) is 3.22. The first-order chi connectivity index (χ1) is 7.13. The number of carbonyl (C=O) groups is 1. The van der Waals surface area contributed by atoms with Gasteiger partial charge in [0.25, 0.3) is 6.43 Å². The molecule has 1 amide bonds. The minimum atomic E-state index is -2.49. The van der Waals surface area contributed by atoms with E-state index in [4.69, 9.17) is 11.6 Å². The maximum Gasteiger partial charge on any atom is 0.263 e. The van der Waals surface area contributed by atoms with Crippen LogP contribution < -0.4 is 5.32 Å². The lowest BCUT2D eigenvalue weighted by Crippen LogP contribution is -2.23. The fourth-order valence-electron chi connectivity index (χ4n) is 1.09. The van der Waals surface area contributed by atoms with Crippen LogP contribution in [0.25, 0.3) is 0 Å². The van der Waals surface area contributed by atoms with Crippen LogP contribution in [-0.2, 0) is 11.3 Å². The van der Waals surface area contributed by atoms with Gasteiger partial charge in [-0.25, -0.2) is 8.78 Å². The number of hydrogen-bond acceptors (Lipinski definition) is 1. The number of halogens is 3. The van der Waals surface area contributed by atoms with E-state index in [0.29, 0.717) is 5.56 Å². The molecule has 82 valence electrons. The van der Waals surface area contributed by atoms with Crippen LogP contribution >= 0.6 is 11.6 Å². The van der Waals surface area contributed by atoms with Crippen molar-refractivity contribution in [2.75, 3.05) is 5.88 Å². The molecule has 1 rings (SSSR count). The van der Waals surface area contributed by atoms with Gasteiger partial charge in [-0.05, 0) is 11.6 Å². The summed E-state index contributed by atoms with van der Waals surface area (Å²) in [6, 6.07) is 5.90. The normalized spacial score (nSPS) is 10.4. The average Bonchev–Trinajstić information content (AvgIpc) is 2.26. The number of carbonyl (C=O) groups excluding carboxylic acids is 1. The lowest BCUT2D eigenvalue weighted by Gasteiger charge is -2.05. The monoisotopic (exact) mass is 233 g/mol. The summed E-state index contributed by atoms with van der Waals surface area (Å²) in [6.45, 7) is 0.214. The SMILES string of the molecule is O=C(CCl)NCc1cccc(C(F)F)c1. The Morgan fingerprint density at radius 2 is 2.20 bits per heavy atom. The zero-order valence-electron chi connectivity index (χ0n) is 7.84. The van der Waals surface area contributed by atoms with Gasteiger partial charge in [0.15, 0.2) is 0 Å². The van der Waals surface area contributed by atoms with E-state index in [-0.39, 0.29) is 23.9 Å². The van der Waals surface area contributed by atoms with E-state index in [9.17, 15) is 13.6 Å². The van der Waals surface area contributed by atoms with Crippen molar-refractivity contribution in [2.24, 2.45) is 0 Å². The van der Waals surface area contributed by atoms with E-state index < -0.39 is 6.43 Å². The summed E-state index contributed by atoms with van der Waals surface area (Å²) in [5.41, 5.74) is 0.582. The largest absolute Gasteiger partial charge is 0.351 e. The molecule has 1 aromatic carbocycles. The quantitative estimate of drug-likeness (QED) is 0.796. The number of benzene rings is 1. The van der Waals surface area contributed by atoms with Crippen LogP contribution in [0.2, 0.25) is 0 Å². The Kier molecular flexibility index (Phi) is 4.49. The molecule has 0 atom stereocenters. The van der Waals surface area contributed by atoms with Crippen molar-refractivity contribution in [3.63, 3.8) is 0 Å². The van der Waals surface area contributed by atoms with Crippen molar-refractivity contribution < 1.29 is 13.6 Å². The molecule has 2 nitrogen and oxygen atoms in total. The Balaban J connectivity index is 2.61. The van der Waals surface area contributed by atoms with E-state index in [1.807, 2.05) is 0 Å². The highest BCUT2D eigenvalue weighted by atomic mass is 35.5. The van der Waals surface area contributed by atoms with Crippen LogP contribution in [0.4, 0.5) is 8.78 Å². The maximum absolute atomic E-state index is 12.3. The molecule has 0 bridgehead atoms. The van der Waals surface area contributed by atoms with Crippen molar-refractivity contribution in [1.29, 1.82) is 0 Å². The van der Waals surface area contributed by atoms with E-state index in [1.54, 1.807) is 6.07 Å². The summed E-state index contributed by atoms with van der Waals surface area (Å²) in [5, 5.41) is 2.50. The molecule has 0 saturated carbocycles. The fraction of sp³-hybridized carbons (Fsp3) is 0.300. The van der Waals surface area contributed by atoms with Crippen LogP contribution in [0.3, 0.4) is 0 Å². The molecule has 1 aromatic rings. The van der Waals surface area contributed by atoms with Gasteiger partial charge >= 0.3 is 0 Å². The molecular formula is C10H10ClF2NO. The minimum Gasteiger partial charge on any atom is -0.351 e. The third-order valence-corrected chi connectivity index (χ3v) is 2.06. The highest BCUT2D eigenvalue weighted by Gasteiger charge is 2.07. The second-order valence-electron chi connectivity index (χ2n) is 2.96. The minimum absolute atomic E-state index is 0.0485. The van der Waals surface area contributed by atoms with Crippen molar-refractivity contribution in [3.05, 3.63) is 35.4 Å². The number of hydrogen-bond donors (Lipinski definition) is 1. The van der Waals surface area contributed by atoms with Crippen molar-refractivity contribution in [3.8, 4) is 0 Å². The first kappa shape index (κ1) is 11.9. The summed E-state index contributed by atoms with van der Waals surface area (Å²) in [4.78, 5) is 10.8. The smallest absolute Gasteiger partial charge is 0.263 e. The molecule has 5 heteroatoms. The summed E-state index contributed by atoms with van der Waals surface area (Å²) in [6.07, 6.45) is -2.49. The molecule has 1 N–H and O–H groups in total. The Hall–Kier alpha value is -1.16. The van der Waals surface area contributed by atoms with Crippen molar-refractivity contribution in [2.45, 2.75) is 13.0 Å². The average molecular weight is 234 g/mol. The lowest BCUT2D eigenvalue weighted by atomic mass is 10.1. The second kappa shape index (κ2) is 5.66. The Morgan fingerprint density at radius 3 is 2.80 bits per heavy atom. The number of alkyl halides is 3. The highest BCUT2D eigenvalue weighted by Crippen LogP contribution is 2.19. The van der Waals surface area contributed by atoms with E-state index >= 15 is 0 Å². The fourth-order valence-corrected chi connectivity index (χ4v) is 1.18. The molecule has 0 fully saturated rings. The summed E-state index contributed by atoms with van der Waals surface area (Å²) < 4.78 is 24.6. The zero-order chi connectivity index (χ0) is 11.3. The molecule has 0 aliphatic rings. The van der Waals surface area contributed by atoms with E-state index in [0.717, 1.165) is 0 Å². The van der Waals surface area contributed by atoms with Crippen LogP contribution in [0.1, 0.15) is 17.6 Å². The molecular weight excluding hydrogens is 224 g/mol. The van der Waals surface area contributed by atoms with Crippen LogP contribution in [0.15, 0.2) is 24.3 Å². The highest BCUT2D eigenvalue weighted by molar-refractivity contribution is 6.27. The van der Waals surface area contributed by atoms with Gasteiger partial charge in [-0.2, -0.15) is 0 Å². The van der Waals surface area contributed by atoms with Gasteiger partial charge < -0.3 is 5.32 Å².